The average molecular weight is 1130 g/mol. The molecule has 0 fully saturated rings. The van der Waals surface area contributed by atoms with Gasteiger partial charge in [0.2, 0.25) is 35.7 Å². The van der Waals surface area contributed by atoms with E-state index >= 15 is 0 Å². The molecule has 4 unspecified atom stereocenters. The lowest BCUT2D eigenvalue weighted by Crippen LogP contribution is -2.37. The Morgan fingerprint density at radius 3 is 0.934 bits per heavy atom. The zero-order valence-electron chi connectivity index (χ0n) is 40.3. The van der Waals surface area contributed by atoms with Crippen LogP contribution in [-0.4, -0.2) is 153 Å². The van der Waals surface area contributed by atoms with Gasteiger partial charge in [0, 0.05) is 48.9 Å². The van der Waals surface area contributed by atoms with Crippen molar-refractivity contribution >= 4 is 111 Å². The molecule has 76 heavy (non-hydrogen) atoms. The van der Waals surface area contributed by atoms with Gasteiger partial charge in [-0.15, -0.1) is 0 Å². The number of rotatable bonds is 24. The second-order valence-corrected chi connectivity index (χ2v) is 22.4. The average Bonchev–Trinajstić information content (AvgIpc) is 3.29. The fourth-order valence-corrected chi connectivity index (χ4v) is 9.36. The lowest BCUT2D eigenvalue weighted by molar-refractivity contribution is 0.176. The summed E-state index contributed by atoms with van der Waals surface area (Å²) in [5, 5.41) is 52.1. The number of aliphatic hydroxyl groups is 4. The number of aliphatic hydroxyl groups excluding tert-OH is 4. The predicted molar refractivity (Wildman–Crippen MR) is 270 cm³/mol. The molecule has 28 nitrogen and oxygen atoms in total. The zero-order valence-corrected chi connectivity index (χ0v) is 43.5. The lowest BCUT2D eigenvalue weighted by atomic mass is 10.1. The summed E-state index contributed by atoms with van der Waals surface area (Å²) in [5.41, 5.74) is -0.274. The van der Waals surface area contributed by atoms with Crippen molar-refractivity contribution in [2.75, 3.05) is 57.2 Å². The Bertz CT molecular complexity index is 3290. The molecule has 0 aliphatic heterocycles. The molecular formula is C44H48N12O16S4-4. The van der Waals surface area contributed by atoms with Gasteiger partial charge in [0.15, 0.2) is 0 Å². The number of nitrogens with zero attached hydrogens (tertiary/aromatic N) is 8. The van der Waals surface area contributed by atoms with Crippen molar-refractivity contribution in [3.05, 3.63) is 96.1 Å². The first-order valence-electron chi connectivity index (χ1n) is 22.2. The van der Waals surface area contributed by atoms with Crippen molar-refractivity contribution in [1.29, 1.82) is 0 Å². The van der Waals surface area contributed by atoms with Crippen LogP contribution in [0.2, 0.25) is 0 Å². The van der Waals surface area contributed by atoms with Crippen LogP contribution in [0.15, 0.2) is 105 Å². The third-order valence-corrected chi connectivity index (χ3v) is 13.6. The van der Waals surface area contributed by atoms with Crippen LogP contribution in [0.1, 0.15) is 38.8 Å². The molecule has 0 saturated heterocycles. The maximum absolute atomic E-state index is 12.7. The fourth-order valence-electron chi connectivity index (χ4n) is 7.03. The first kappa shape index (κ1) is 58.2. The van der Waals surface area contributed by atoms with Gasteiger partial charge in [0.1, 0.15) is 40.5 Å². The second kappa shape index (κ2) is 23.9. The maximum atomic E-state index is 12.7. The summed E-state index contributed by atoms with van der Waals surface area (Å²) in [6.45, 7) is 5.53. The number of nitrogens with one attached hydrogen (secondary N) is 4. The molecule has 0 aliphatic rings. The van der Waals surface area contributed by atoms with Crippen molar-refractivity contribution in [3.63, 3.8) is 0 Å². The van der Waals surface area contributed by atoms with Crippen LogP contribution in [0.25, 0.3) is 12.2 Å². The van der Waals surface area contributed by atoms with Gasteiger partial charge in [-0.1, -0.05) is 24.3 Å². The van der Waals surface area contributed by atoms with Gasteiger partial charge >= 0.3 is 0 Å². The highest BCUT2D eigenvalue weighted by molar-refractivity contribution is 7.86. The van der Waals surface area contributed by atoms with Crippen LogP contribution < -0.4 is 31.1 Å². The van der Waals surface area contributed by atoms with Crippen LogP contribution >= 0.6 is 0 Å². The number of hydrogen-bond acceptors (Lipinski definition) is 28. The van der Waals surface area contributed by atoms with Gasteiger partial charge in [-0.3, -0.25) is 0 Å². The van der Waals surface area contributed by atoms with Gasteiger partial charge in [-0.05, 0) is 112 Å². The molecule has 6 aromatic rings. The van der Waals surface area contributed by atoms with Crippen LogP contribution in [0.5, 0.6) is 0 Å². The molecule has 0 spiro atoms. The number of anilines is 10. The third-order valence-electron chi connectivity index (χ3n) is 10.1. The zero-order chi connectivity index (χ0) is 55.9. The quantitative estimate of drug-likeness (QED) is 0.0317. The summed E-state index contributed by atoms with van der Waals surface area (Å²) in [4.78, 5) is 26.1. The highest BCUT2D eigenvalue weighted by Crippen LogP contribution is 2.30. The van der Waals surface area contributed by atoms with Crippen molar-refractivity contribution in [2.45, 2.75) is 71.7 Å². The summed E-state index contributed by atoms with van der Waals surface area (Å²) in [6.07, 6.45) is -1.70. The lowest BCUT2D eigenvalue weighted by Gasteiger charge is -2.26. The molecule has 2 heterocycles. The van der Waals surface area contributed by atoms with Crippen LogP contribution in [0.4, 0.5) is 58.4 Å². The molecule has 0 amide bonds. The minimum absolute atomic E-state index is 0.0807. The standard InChI is InChI=1S/C44H52N12O16S4/c1-25(57)21-55(22-26(2)58)43-51-39(45-31-11-15-35(16-12-31)73(61,62)63)49-41(53-43)47-33-9-7-29(37(19-33)75(67,68)69)5-6-30-8-10-34(20-38(30)76(70,71)72)48-42-50-40(46-32-13-17-36(18-14-32)74(64,65)66)52-44(54-42)56(23-27(3)59)24-28(4)60/h5-20,25-28,57-60H,21-24H2,1-4H3,(H,61,62,63)(H,64,65,66)(H,67,68,69)(H,70,71,72)(H2,45,47,49,51,53)(H2,46,48,50,52,54)/p-4. The molecule has 0 saturated carbocycles. The van der Waals surface area contributed by atoms with Crippen LogP contribution in [-0.2, 0) is 40.5 Å². The second-order valence-electron chi connectivity index (χ2n) is 17.0. The number of benzene rings is 4. The molecule has 408 valence electrons. The minimum Gasteiger partial charge on any atom is -0.744 e. The Hall–Kier alpha value is -7.08. The highest BCUT2D eigenvalue weighted by atomic mass is 32.2. The van der Waals surface area contributed by atoms with E-state index in [4.69, 9.17) is 0 Å². The molecule has 8 N–H and O–H groups in total. The third kappa shape index (κ3) is 16.7. The molecule has 4 atom stereocenters. The molecule has 2 aromatic heterocycles. The van der Waals surface area contributed by atoms with E-state index in [0.717, 1.165) is 48.6 Å². The summed E-state index contributed by atoms with van der Waals surface area (Å²) < 4.78 is 145. The molecule has 6 rings (SSSR count). The molecule has 0 aliphatic carbocycles. The molecule has 0 radical (unpaired) electrons. The van der Waals surface area contributed by atoms with Crippen molar-refractivity contribution in [3.8, 4) is 0 Å². The summed E-state index contributed by atoms with van der Waals surface area (Å²) in [6, 6.07) is 16.0. The summed E-state index contributed by atoms with van der Waals surface area (Å²) in [7, 11) is -20.2. The van der Waals surface area contributed by atoms with E-state index in [0.29, 0.717) is 0 Å². The summed E-state index contributed by atoms with van der Waals surface area (Å²) in [5.74, 6) is -1.15. The van der Waals surface area contributed by atoms with Crippen LogP contribution in [0.3, 0.4) is 0 Å². The Morgan fingerprint density at radius 2 is 0.684 bits per heavy atom. The first-order valence-corrected chi connectivity index (χ1v) is 27.8. The van der Waals surface area contributed by atoms with E-state index in [2.05, 4.69) is 51.2 Å². The number of aromatic nitrogens is 6. The SMILES string of the molecule is CC(O)CN(CC(C)O)c1nc(Nc2ccc(S(=O)(=O)[O-])cc2)nc(Nc2ccc(C=Cc3ccc(Nc4nc(Nc5ccc(S(=O)(=O)[O-])cc5)nc(N(CC(C)O)CC(C)O)n4)cc3S(=O)(=O)[O-])c(S(=O)(=O)[O-])c2)n1. The van der Waals surface area contributed by atoms with E-state index in [1.807, 2.05) is 0 Å². The van der Waals surface area contributed by atoms with Crippen molar-refractivity contribution in [1.82, 2.24) is 29.9 Å². The largest absolute Gasteiger partial charge is 0.744 e. The first-order chi connectivity index (χ1) is 35.4. The van der Waals surface area contributed by atoms with Crippen molar-refractivity contribution < 1.29 is 72.3 Å². The van der Waals surface area contributed by atoms with Crippen molar-refractivity contribution in [2.24, 2.45) is 0 Å². The van der Waals surface area contributed by atoms with E-state index in [1.165, 1.54) is 86.0 Å². The normalized spacial score (nSPS) is 13.9. The molecule has 4 aromatic carbocycles. The van der Waals surface area contributed by atoms with Gasteiger partial charge in [-0.2, -0.15) is 29.9 Å². The Balaban J connectivity index is 1.33. The van der Waals surface area contributed by atoms with Gasteiger partial charge in [0.05, 0.1) is 44.0 Å². The van der Waals surface area contributed by atoms with Gasteiger partial charge < -0.3 is 69.7 Å². The van der Waals surface area contributed by atoms with E-state index in [9.17, 15) is 72.3 Å². The van der Waals surface area contributed by atoms with Crippen LogP contribution in [0, 0.1) is 0 Å². The summed E-state index contributed by atoms with van der Waals surface area (Å²) >= 11 is 0. The molecule has 32 heteroatoms. The predicted octanol–water partition coefficient (Wildman–Crippen LogP) is 1.95. The smallest absolute Gasteiger partial charge is 0.233 e. The number of hydrogen-bond donors (Lipinski definition) is 8. The topological polar surface area (TPSA) is 442 Å². The van der Waals surface area contributed by atoms with Gasteiger partial charge in [-0.25, -0.2) is 33.7 Å². The van der Waals surface area contributed by atoms with Gasteiger partial charge in [0.25, 0.3) is 0 Å². The van der Waals surface area contributed by atoms with E-state index < -0.39 is 84.5 Å². The van der Waals surface area contributed by atoms with E-state index in [-0.39, 0.29) is 95.7 Å². The maximum Gasteiger partial charge on any atom is 0.233 e. The monoisotopic (exact) mass is 1130 g/mol. The Labute approximate surface area is 436 Å². The Kier molecular flexibility index (Phi) is 18.3. The fraction of sp³-hybridized carbons (Fsp3) is 0.273. The molecular weight excluding hydrogens is 1080 g/mol. The highest BCUT2D eigenvalue weighted by Gasteiger charge is 2.21. The minimum atomic E-state index is -5.32. The van der Waals surface area contributed by atoms with E-state index in [1.54, 1.807) is 0 Å². The Morgan fingerprint density at radius 1 is 0.421 bits per heavy atom. The molecule has 0 bridgehead atoms.